The lowest BCUT2D eigenvalue weighted by Crippen LogP contribution is -2.12. The number of aromatic nitrogens is 1. The van der Waals surface area contributed by atoms with Crippen molar-refractivity contribution in [3.63, 3.8) is 0 Å². The van der Waals surface area contributed by atoms with E-state index >= 15 is 0 Å². The Morgan fingerprint density at radius 1 is 0.238 bits per heavy atom. The summed E-state index contributed by atoms with van der Waals surface area (Å²) < 4.78 is 2.45. The lowest BCUT2D eigenvalue weighted by Gasteiger charge is -2.28. The zero-order chi connectivity index (χ0) is 41.7. The number of nitrogens with zero attached hydrogens (tertiary/aromatic N) is 3. The van der Waals surface area contributed by atoms with Gasteiger partial charge in [0.05, 0.1) is 11.0 Å². The van der Waals surface area contributed by atoms with Crippen molar-refractivity contribution >= 4 is 77.5 Å². The lowest BCUT2D eigenvalue weighted by atomic mass is 9.97. The summed E-state index contributed by atoms with van der Waals surface area (Å²) in [5.74, 6) is 0. The quantitative estimate of drug-likeness (QED) is 0.135. The molecule has 0 bridgehead atoms. The predicted octanol–water partition coefficient (Wildman–Crippen LogP) is 16.8. The third kappa shape index (κ3) is 6.46. The van der Waals surface area contributed by atoms with E-state index in [0.717, 1.165) is 34.1 Å². The highest BCUT2D eigenvalue weighted by Gasteiger charge is 2.20. The summed E-state index contributed by atoms with van der Waals surface area (Å²) in [5, 5.41) is 7.61. The molecule has 0 aliphatic heterocycles. The van der Waals surface area contributed by atoms with Crippen LogP contribution in [0.1, 0.15) is 0 Å². The fourth-order valence-electron chi connectivity index (χ4n) is 9.49. The molecule has 3 nitrogen and oxygen atoms in total. The van der Waals surface area contributed by atoms with Crippen LogP contribution in [0.5, 0.6) is 0 Å². The Bertz CT molecular complexity index is 3480. The maximum atomic E-state index is 2.45. The van der Waals surface area contributed by atoms with Gasteiger partial charge in [-0.15, -0.1) is 0 Å². The Labute approximate surface area is 366 Å². The van der Waals surface area contributed by atoms with Gasteiger partial charge in [-0.2, -0.15) is 0 Å². The Kier molecular flexibility index (Phi) is 8.83. The second kappa shape index (κ2) is 15.3. The third-order valence-electron chi connectivity index (χ3n) is 12.5. The van der Waals surface area contributed by atoms with Gasteiger partial charge >= 0.3 is 0 Å². The second-order valence-electron chi connectivity index (χ2n) is 16.2. The molecule has 11 aromatic carbocycles. The molecule has 0 saturated carbocycles. The smallest absolute Gasteiger partial charge is 0.0553 e. The molecule has 0 saturated heterocycles. The molecule has 1 heterocycles. The summed E-state index contributed by atoms with van der Waals surface area (Å²) in [6.07, 6.45) is 0. The maximum Gasteiger partial charge on any atom is 0.0553 e. The van der Waals surface area contributed by atoms with Crippen molar-refractivity contribution in [1.29, 1.82) is 0 Å². The molecule has 0 aliphatic rings. The molecular formula is C60H41N3. The number of rotatable bonds is 9. The van der Waals surface area contributed by atoms with Crippen molar-refractivity contribution in [1.82, 2.24) is 4.57 Å². The highest BCUT2D eigenvalue weighted by atomic mass is 15.2. The van der Waals surface area contributed by atoms with Crippen LogP contribution < -0.4 is 9.80 Å². The minimum Gasteiger partial charge on any atom is -0.311 e. The topological polar surface area (TPSA) is 11.4 Å². The predicted molar refractivity (Wildman–Crippen MR) is 267 cm³/mol. The van der Waals surface area contributed by atoms with Crippen LogP contribution in [0.15, 0.2) is 249 Å². The molecule has 1 aromatic heterocycles. The van der Waals surface area contributed by atoms with E-state index in [1.165, 1.54) is 71.3 Å². The molecule has 0 unspecified atom stereocenters. The number of para-hydroxylation sites is 2. The van der Waals surface area contributed by atoms with E-state index in [4.69, 9.17) is 0 Å². The molecule has 0 N–H and O–H groups in total. The van der Waals surface area contributed by atoms with Gasteiger partial charge in [0, 0.05) is 50.6 Å². The SMILES string of the molecule is c1ccc(-c2ccc(N(c3ccc(-c4cc5ccc6cccc7c6c5c(c4)n7-c4ccc5ccccc5c4)cc3)c3ccc(N(c4ccccc4)c4ccccc4)cc3)cc2)cc1. The van der Waals surface area contributed by atoms with E-state index in [0.29, 0.717) is 0 Å². The van der Waals surface area contributed by atoms with Crippen molar-refractivity contribution in [2.24, 2.45) is 0 Å². The van der Waals surface area contributed by atoms with Crippen molar-refractivity contribution in [3.05, 3.63) is 249 Å². The van der Waals surface area contributed by atoms with Gasteiger partial charge in [-0.3, -0.25) is 0 Å². The zero-order valence-electron chi connectivity index (χ0n) is 34.5. The Hall–Kier alpha value is -8.40. The average molecular weight is 804 g/mol. The highest BCUT2D eigenvalue weighted by molar-refractivity contribution is 6.25. The monoisotopic (exact) mass is 803 g/mol. The molecule has 296 valence electrons. The fraction of sp³-hybridized carbons (Fsp3) is 0. The fourth-order valence-corrected chi connectivity index (χ4v) is 9.49. The molecule has 12 rings (SSSR count). The largest absolute Gasteiger partial charge is 0.311 e. The van der Waals surface area contributed by atoms with Crippen molar-refractivity contribution in [2.75, 3.05) is 9.80 Å². The first-order valence-corrected chi connectivity index (χ1v) is 21.6. The summed E-state index contributed by atoms with van der Waals surface area (Å²) in [7, 11) is 0. The van der Waals surface area contributed by atoms with Gasteiger partial charge in [-0.1, -0.05) is 146 Å². The minimum atomic E-state index is 1.08. The van der Waals surface area contributed by atoms with Gasteiger partial charge in [0.25, 0.3) is 0 Å². The van der Waals surface area contributed by atoms with E-state index in [1.807, 2.05) is 0 Å². The van der Waals surface area contributed by atoms with Gasteiger partial charge in [-0.25, -0.2) is 0 Å². The normalized spacial score (nSPS) is 11.5. The Balaban J connectivity index is 0.961. The van der Waals surface area contributed by atoms with Crippen LogP contribution in [0.4, 0.5) is 34.1 Å². The number of hydrogen-bond acceptors (Lipinski definition) is 2. The Morgan fingerprint density at radius 3 is 1.27 bits per heavy atom. The molecule has 12 aromatic rings. The molecule has 3 heteroatoms. The van der Waals surface area contributed by atoms with Gasteiger partial charge in [0.1, 0.15) is 0 Å². The number of anilines is 6. The molecule has 0 amide bonds. The summed E-state index contributed by atoms with van der Waals surface area (Å²) >= 11 is 0. The highest BCUT2D eigenvalue weighted by Crippen LogP contribution is 2.43. The number of fused-ring (bicyclic) bond motifs is 1. The standard InChI is InChI=1S/C60H41N3/c1-4-13-42(14-5-1)44-25-30-52(31-26-44)62(55-37-35-54(36-38-55)61(50-18-6-2-7-19-50)51-20-8-3-9-21-51)53-32-27-45(28-33-53)49-39-48-24-23-46-17-12-22-57-59(46)60(48)58(41-49)63(57)56-34-29-43-15-10-11-16-47(43)40-56/h1-41H. The van der Waals surface area contributed by atoms with Gasteiger partial charge < -0.3 is 14.4 Å². The third-order valence-corrected chi connectivity index (χ3v) is 12.5. The first-order valence-electron chi connectivity index (χ1n) is 21.6. The van der Waals surface area contributed by atoms with E-state index in [1.54, 1.807) is 0 Å². The van der Waals surface area contributed by atoms with Gasteiger partial charge in [0.2, 0.25) is 0 Å². The van der Waals surface area contributed by atoms with Crippen LogP contribution in [-0.2, 0) is 0 Å². The minimum absolute atomic E-state index is 1.08. The van der Waals surface area contributed by atoms with E-state index in [9.17, 15) is 0 Å². The van der Waals surface area contributed by atoms with E-state index < -0.39 is 0 Å². The second-order valence-corrected chi connectivity index (χ2v) is 16.2. The van der Waals surface area contributed by atoms with Crippen LogP contribution in [0.2, 0.25) is 0 Å². The van der Waals surface area contributed by atoms with Gasteiger partial charge in [0.15, 0.2) is 0 Å². The Morgan fingerprint density at radius 2 is 0.667 bits per heavy atom. The van der Waals surface area contributed by atoms with Gasteiger partial charge in [-0.05, 0) is 147 Å². The van der Waals surface area contributed by atoms with Crippen molar-refractivity contribution in [2.45, 2.75) is 0 Å². The molecule has 63 heavy (non-hydrogen) atoms. The summed E-state index contributed by atoms with van der Waals surface area (Å²) in [5.41, 5.74) is 14.9. The molecule has 0 fully saturated rings. The summed E-state index contributed by atoms with van der Waals surface area (Å²) in [4.78, 5) is 4.66. The van der Waals surface area contributed by atoms with Crippen molar-refractivity contribution < 1.29 is 0 Å². The average Bonchev–Trinajstić information content (AvgIpc) is 3.70. The van der Waals surface area contributed by atoms with E-state index in [-0.39, 0.29) is 0 Å². The maximum absolute atomic E-state index is 2.45. The first-order chi connectivity index (χ1) is 31.2. The molecule has 0 radical (unpaired) electrons. The molecule has 0 aliphatic carbocycles. The molecule has 0 spiro atoms. The summed E-state index contributed by atoms with van der Waals surface area (Å²) in [6, 6.07) is 90.0. The molecular weight excluding hydrogens is 763 g/mol. The van der Waals surface area contributed by atoms with E-state index in [2.05, 4.69) is 263 Å². The van der Waals surface area contributed by atoms with Crippen LogP contribution in [0.25, 0.3) is 71.3 Å². The number of benzene rings is 11. The molecule has 0 atom stereocenters. The summed E-state index contributed by atoms with van der Waals surface area (Å²) in [6.45, 7) is 0. The van der Waals surface area contributed by atoms with Crippen LogP contribution >= 0.6 is 0 Å². The lowest BCUT2D eigenvalue weighted by molar-refractivity contribution is 1.19. The van der Waals surface area contributed by atoms with Crippen LogP contribution in [-0.4, -0.2) is 4.57 Å². The number of hydrogen-bond donors (Lipinski definition) is 0. The first kappa shape index (κ1) is 36.5. The van der Waals surface area contributed by atoms with Crippen LogP contribution in [0, 0.1) is 0 Å². The van der Waals surface area contributed by atoms with Crippen molar-refractivity contribution in [3.8, 4) is 27.9 Å². The van der Waals surface area contributed by atoms with Crippen LogP contribution in [0.3, 0.4) is 0 Å². The zero-order valence-corrected chi connectivity index (χ0v) is 34.5.